The zero-order valence-corrected chi connectivity index (χ0v) is 21.8. The third kappa shape index (κ3) is 5.04. The van der Waals surface area contributed by atoms with Gasteiger partial charge in [0, 0.05) is 28.7 Å². The summed E-state index contributed by atoms with van der Waals surface area (Å²) in [5, 5.41) is 9.06. The number of hydrogen-bond donors (Lipinski definition) is 0. The van der Waals surface area contributed by atoms with Crippen LogP contribution in [0.4, 0.5) is 13.2 Å². The molecule has 0 aliphatic heterocycles. The molecular formula is C27H24ClF3N6O. The molecule has 0 aliphatic carbocycles. The van der Waals surface area contributed by atoms with Gasteiger partial charge in [-0.3, -0.25) is 9.78 Å². The van der Waals surface area contributed by atoms with E-state index in [4.69, 9.17) is 11.6 Å². The third-order valence-electron chi connectivity index (χ3n) is 5.87. The number of hydrogen-bond acceptors (Lipinski definition) is 5. The number of rotatable bonds is 4. The highest BCUT2D eigenvalue weighted by Gasteiger charge is 2.33. The second-order valence-corrected chi connectivity index (χ2v) is 8.61. The van der Waals surface area contributed by atoms with Crippen LogP contribution < -0.4 is 5.56 Å². The number of alkyl halides is 3. The van der Waals surface area contributed by atoms with E-state index in [0.29, 0.717) is 44.3 Å². The van der Waals surface area contributed by atoms with Crippen LogP contribution in [-0.2, 0) is 12.7 Å². The molecule has 0 amide bonds. The highest BCUT2D eigenvalue weighted by molar-refractivity contribution is 6.30. The molecule has 5 aromatic rings. The number of benzene rings is 1. The minimum absolute atomic E-state index is 0.0393. The Morgan fingerprint density at radius 3 is 2.11 bits per heavy atom. The fourth-order valence-corrected chi connectivity index (χ4v) is 4.26. The van der Waals surface area contributed by atoms with Gasteiger partial charge in [0.15, 0.2) is 5.65 Å². The van der Waals surface area contributed by atoms with E-state index in [1.165, 1.54) is 17.7 Å². The second-order valence-electron chi connectivity index (χ2n) is 8.18. The first kappa shape index (κ1) is 27.0. The van der Waals surface area contributed by atoms with Gasteiger partial charge in [-0.15, -0.1) is 10.2 Å². The first-order chi connectivity index (χ1) is 18.1. The fourth-order valence-electron chi connectivity index (χ4n) is 4.14. The number of fused-ring (bicyclic) bond motifs is 1. The Balaban J connectivity index is 0.00000164. The van der Waals surface area contributed by atoms with E-state index < -0.39 is 11.9 Å². The van der Waals surface area contributed by atoms with Gasteiger partial charge in [-0.25, -0.2) is 14.2 Å². The van der Waals surface area contributed by atoms with Gasteiger partial charge in [0.2, 0.25) is 0 Å². The summed E-state index contributed by atoms with van der Waals surface area (Å²) in [5.41, 5.74) is 1.91. The van der Waals surface area contributed by atoms with Crippen LogP contribution in [0.3, 0.4) is 0 Å². The second kappa shape index (κ2) is 10.7. The van der Waals surface area contributed by atoms with Gasteiger partial charge in [0.1, 0.15) is 11.5 Å². The maximum Gasteiger partial charge on any atom is 0.433 e. The number of halogens is 4. The minimum atomic E-state index is -4.56. The molecule has 38 heavy (non-hydrogen) atoms. The highest BCUT2D eigenvalue weighted by atomic mass is 35.5. The standard InChI is InChI=1S/C25H18ClF3N6O.C2H6/c1-14-18(5-8-20(31-14)25(27,28)29)13-34-24(36)22(16-3-6-19(26)7-4-16)21(17-9-11-30-12-10-17)23-33-32-15(2)35(23)34;1-2/h3-12H,13H2,1-2H3;1-2H3. The average molecular weight is 541 g/mol. The molecule has 0 saturated heterocycles. The van der Waals surface area contributed by atoms with Crippen molar-refractivity contribution in [1.29, 1.82) is 0 Å². The zero-order chi connectivity index (χ0) is 27.6. The summed E-state index contributed by atoms with van der Waals surface area (Å²) < 4.78 is 42.4. The lowest BCUT2D eigenvalue weighted by Crippen LogP contribution is -2.30. The van der Waals surface area contributed by atoms with E-state index in [1.54, 1.807) is 60.2 Å². The van der Waals surface area contributed by atoms with Gasteiger partial charge in [-0.1, -0.05) is 43.6 Å². The maximum atomic E-state index is 14.1. The van der Waals surface area contributed by atoms with Crippen molar-refractivity contribution in [2.75, 3.05) is 0 Å². The predicted octanol–water partition coefficient (Wildman–Crippen LogP) is 6.38. The van der Waals surface area contributed by atoms with E-state index in [9.17, 15) is 18.0 Å². The molecule has 196 valence electrons. The Morgan fingerprint density at radius 1 is 0.868 bits per heavy atom. The van der Waals surface area contributed by atoms with Gasteiger partial charge in [-0.2, -0.15) is 13.2 Å². The van der Waals surface area contributed by atoms with Crippen LogP contribution in [0.2, 0.25) is 5.02 Å². The number of nitrogens with zero attached hydrogens (tertiary/aromatic N) is 6. The molecule has 11 heteroatoms. The summed E-state index contributed by atoms with van der Waals surface area (Å²) in [6.07, 6.45) is -1.33. The van der Waals surface area contributed by atoms with Crippen LogP contribution in [0.1, 0.15) is 36.6 Å². The molecule has 5 rings (SSSR count). The summed E-state index contributed by atoms with van der Waals surface area (Å²) in [5.74, 6) is 0.442. The average Bonchev–Trinajstić information content (AvgIpc) is 3.29. The van der Waals surface area contributed by atoms with Crippen molar-refractivity contribution in [3.8, 4) is 22.3 Å². The third-order valence-corrected chi connectivity index (χ3v) is 6.12. The summed E-state index contributed by atoms with van der Waals surface area (Å²) in [4.78, 5) is 21.9. The summed E-state index contributed by atoms with van der Waals surface area (Å²) in [6.45, 7) is 7.14. The Morgan fingerprint density at radius 2 is 1.50 bits per heavy atom. The van der Waals surface area contributed by atoms with Crippen molar-refractivity contribution in [3.05, 3.63) is 99.1 Å². The Bertz CT molecular complexity index is 1640. The van der Waals surface area contributed by atoms with Crippen LogP contribution in [0.25, 0.3) is 27.9 Å². The molecule has 0 unspecified atom stereocenters. The lowest BCUT2D eigenvalue weighted by Gasteiger charge is -2.18. The summed E-state index contributed by atoms with van der Waals surface area (Å²) >= 11 is 6.09. The predicted molar refractivity (Wildman–Crippen MR) is 140 cm³/mol. The number of pyridine rings is 2. The van der Waals surface area contributed by atoms with Gasteiger partial charge < -0.3 is 0 Å². The molecule has 0 spiro atoms. The van der Waals surface area contributed by atoms with Gasteiger partial charge in [-0.05, 0) is 60.9 Å². The first-order valence-electron chi connectivity index (χ1n) is 11.8. The van der Waals surface area contributed by atoms with E-state index in [2.05, 4.69) is 20.2 Å². The van der Waals surface area contributed by atoms with Crippen molar-refractivity contribution in [2.24, 2.45) is 0 Å². The van der Waals surface area contributed by atoms with Crippen LogP contribution in [0.5, 0.6) is 0 Å². The van der Waals surface area contributed by atoms with Crippen molar-refractivity contribution >= 4 is 17.2 Å². The monoisotopic (exact) mass is 540 g/mol. The summed E-state index contributed by atoms with van der Waals surface area (Å²) in [6, 6.07) is 12.6. The smallest absolute Gasteiger partial charge is 0.267 e. The zero-order valence-electron chi connectivity index (χ0n) is 21.1. The molecule has 4 heterocycles. The van der Waals surface area contributed by atoms with Crippen LogP contribution in [0, 0.1) is 13.8 Å². The van der Waals surface area contributed by atoms with Crippen LogP contribution in [0.15, 0.2) is 65.7 Å². The topological polar surface area (TPSA) is 78.0 Å². The van der Waals surface area contributed by atoms with Crippen LogP contribution in [-0.4, -0.2) is 29.4 Å². The van der Waals surface area contributed by atoms with Gasteiger partial charge in [0.05, 0.1) is 12.1 Å². The molecule has 4 aromatic heterocycles. The Labute approximate surface area is 221 Å². The molecule has 7 nitrogen and oxygen atoms in total. The molecule has 0 radical (unpaired) electrons. The quantitative estimate of drug-likeness (QED) is 0.264. The maximum absolute atomic E-state index is 14.1. The van der Waals surface area contributed by atoms with Crippen molar-refractivity contribution in [2.45, 2.75) is 40.4 Å². The summed E-state index contributed by atoms with van der Waals surface area (Å²) in [7, 11) is 0. The highest BCUT2D eigenvalue weighted by Crippen LogP contribution is 2.33. The molecule has 0 bridgehead atoms. The first-order valence-corrected chi connectivity index (χ1v) is 12.2. The van der Waals surface area contributed by atoms with E-state index in [1.807, 2.05) is 13.8 Å². The van der Waals surface area contributed by atoms with E-state index >= 15 is 0 Å². The Kier molecular flexibility index (Phi) is 7.63. The molecule has 0 saturated carbocycles. The molecule has 0 fully saturated rings. The van der Waals surface area contributed by atoms with Gasteiger partial charge in [0.25, 0.3) is 5.56 Å². The largest absolute Gasteiger partial charge is 0.433 e. The SMILES string of the molecule is CC.Cc1nc(C(F)(F)F)ccc1Cn1c(=O)c(-c2ccc(Cl)cc2)c(-c2ccncc2)c2nnc(C)n21. The van der Waals surface area contributed by atoms with Crippen molar-refractivity contribution < 1.29 is 13.2 Å². The minimum Gasteiger partial charge on any atom is -0.267 e. The molecule has 0 N–H and O–H groups in total. The lowest BCUT2D eigenvalue weighted by atomic mass is 9.97. The fraction of sp³-hybridized carbons (Fsp3) is 0.222. The molecule has 1 aromatic carbocycles. The van der Waals surface area contributed by atoms with Crippen molar-refractivity contribution in [1.82, 2.24) is 29.4 Å². The number of aryl methyl sites for hydroxylation is 2. The molecular weight excluding hydrogens is 517 g/mol. The van der Waals surface area contributed by atoms with Crippen LogP contribution >= 0.6 is 11.6 Å². The van der Waals surface area contributed by atoms with Crippen molar-refractivity contribution in [3.63, 3.8) is 0 Å². The van der Waals surface area contributed by atoms with E-state index in [-0.39, 0.29) is 17.8 Å². The molecule has 0 aliphatic rings. The van der Waals surface area contributed by atoms with Gasteiger partial charge >= 0.3 is 6.18 Å². The number of aromatic nitrogens is 6. The normalized spacial score (nSPS) is 11.4. The Hall–Kier alpha value is -4.05. The lowest BCUT2D eigenvalue weighted by molar-refractivity contribution is -0.141. The van der Waals surface area contributed by atoms with E-state index in [0.717, 1.165) is 6.07 Å². The molecule has 0 atom stereocenters.